The van der Waals surface area contributed by atoms with Crippen LogP contribution in [0.3, 0.4) is 0 Å². The number of benzene rings is 1. The van der Waals surface area contributed by atoms with Gasteiger partial charge < -0.3 is 9.88 Å². The molecule has 1 amide bonds. The zero-order valence-corrected chi connectivity index (χ0v) is 15.4. The van der Waals surface area contributed by atoms with E-state index in [4.69, 9.17) is 0 Å². The van der Waals surface area contributed by atoms with Gasteiger partial charge in [-0.2, -0.15) is 0 Å². The van der Waals surface area contributed by atoms with Gasteiger partial charge in [0, 0.05) is 43.0 Å². The summed E-state index contributed by atoms with van der Waals surface area (Å²) in [6.07, 6.45) is 1.11. The number of carbonyl (C=O) groups is 1. The molecular formula is C21H25N3O2. The van der Waals surface area contributed by atoms with Gasteiger partial charge in [0.15, 0.2) is 0 Å². The van der Waals surface area contributed by atoms with Crippen molar-refractivity contribution in [3.05, 3.63) is 63.6 Å². The molecule has 136 valence electrons. The highest BCUT2D eigenvalue weighted by atomic mass is 16.2. The van der Waals surface area contributed by atoms with E-state index in [9.17, 15) is 9.59 Å². The molecule has 1 N–H and O–H groups in total. The van der Waals surface area contributed by atoms with Crippen LogP contribution in [0.4, 0.5) is 5.69 Å². The molecule has 3 heterocycles. The summed E-state index contributed by atoms with van der Waals surface area (Å²) in [5.41, 5.74) is 4.31. The first-order chi connectivity index (χ1) is 12.5. The average Bonchev–Trinajstić information content (AvgIpc) is 2.59. The molecule has 0 radical (unpaired) electrons. The van der Waals surface area contributed by atoms with E-state index < -0.39 is 0 Å². The van der Waals surface area contributed by atoms with Crippen LogP contribution < -0.4 is 10.9 Å². The van der Waals surface area contributed by atoms with Crippen LogP contribution in [0.15, 0.2) is 41.2 Å². The standard InChI is InChI=1S/C21H25N3O2/c1-14-5-3-6-15(2)21(14)22-19(25)13-23-10-16-9-17(12-23)18-7-4-8-20(26)24(18)11-16/h3-8,16-17H,9-13H2,1-2H3,(H,22,25)/t16-,17+/m0/s1. The average molecular weight is 351 g/mol. The summed E-state index contributed by atoms with van der Waals surface area (Å²) in [6.45, 7) is 6.90. The first kappa shape index (κ1) is 17.0. The van der Waals surface area contributed by atoms with Gasteiger partial charge in [0.2, 0.25) is 5.91 Å². The summed E-state index contributed by atoms with van der Waals surface area (Å²) >= 11 is 0. The number of fused-ring (bicyclic) bond motifs is 4. The van der Waals surface area contributed by atoms with Crippen LogP contribution in [0, 0.1) is 19.8 Å². The maximum Gasteiger partial charge on any atom is 0.250 e. The third-order valence-corrected chi connectivity index (χ3v) is 5.67. The summed E-state index contributed by atoms with van der Waals surface area (Å²) in [5.74, 6) is 0.812. The van der Waals surface area contributed by atoms with Crippen LogP contribution in [0.2, 0.25) is 0 Å². The fourth-order valence-corrected chi connectivity index (χ4v) is 4.52. The lowest BCUT2D eigenvalue weighted by molar-refractivity contribution is -0.118. The molecule has 0 aliphatic carbocycles. The Morgan fingerprint density at radius 1 is 1.08 bits per heavy atom. The maximum absolute atomic E-state index is 12.6. The molecule has 4 rings (SSSR count). The van der Waals surface area contributed by atoms with Crippen molar-refractivity contribution in [3.63, 3.8) is 0 Å². The van der Waals surface area contributed by atoms with Gasteiger partial charge in [-0.15, -0.1) is 0 Å². The fourth-order valence-electron chi connectivity index (χ4n) is 4.52. The number of hydrogen-bond acceptors (Lipinski definition) is 3. The molecule has 26 heavy (non-hydrogen) atoms. The van der Waals surface area contributed by atoms with E-state index in [1.165, 1.54) is 0 Å². The van der Waals surface area contributed by atoms with Crippen LogP contribution >= 0.6 is 0 Å². The van der Waals surface area contributed by atoms with E-state index in [2.05, 4.69) is 16.3 Å². The van der Waals surface area contributed by atoms with E-state index >= 15 is 0 Å². The summed E-state index contributed by atoms with van der Waals surface area (Å²) in [7, 11) is 0. The largest absolute Gasteiger partial charge is 0.324 e. The Morgan fingerprint density at radius 3 is 2.58 bits per heavy atom. The first-order valence-electron chi connectivity index (χ1n) is 9.29. The fraction of sp³-hybridized carbons (Fsp3) is 0.429. The van der Waals surface area contributed by atoms with Gasteiger partial charge in [-0.1, -0.05) is 24.3 Å². The molecule has 1 saturated heterocycles. The second-order valence-corrected chi connectivity index (χ2v) is 7.71. The number of carbonyl (C=O) groups excluding carboxylic acids is 1. The SMILES string of the molecule is Cc1cccc(C)c1NC(=O)CN1C[C@@H]2C[C@H](C1)c1cccc(=O)n1C2. The van der Waals surface area contributed by atoms with E-state index in [1.807, 2.05) is 42.7 Å². The smallest absolute Gasteiger partial charge is 0.250 e. The number of aryl methyl sites for hydroxylation is 2. The second-order valence-electron chi connectivity index (χ2n) is 7.71. The minimum absolute atomic E-state index is 0.0350. The molecule has 2 bridgehead atoms. The van der Waals surface area contributed by atoms with Crippen LogP contribution in [0.1, 0.15) is 29.2 Å². The molecule has 2 aliphatic heterocycles. The molecule has 0 spiro atoms. The Morgan fingerprint density at radius 2 is 1.81 bits per heavy atom. The van der Waals surface area contributed by atoms with Gasteiger partial charge in [-0.3, -0.25) is 14.5 Å². The molecule has 5 nitrogen and oxygen atoms in total. The van der Waals surface area contributed by atoms with Crippen LogP contribution in [0.25, 0.3) is 0 Å². The predicted octanol–water partition coefficient (Wildman–Crippen LogP) is 2.52. The minimum Gasteiger partial charge on any atom is -0.324 e. The zero-order valence-electron chi connectivity index (χ0n) is 15.4. The number of pyridine rings is 1. The van der Waals surface area contributed by atoms with Gasteiger partial charge in [0.05, 0.1) is 6.54 Å². The first-order valence-corrected chi connectivity index (χ1v) is 9.29. The van der Waals surface area contributed by atoms with Crippen LogP contribution in [-0.2, 0) is 11.3 Å². The van der Waals surface area contributed by atoms with Crippen molar-refractivity contribution in [1.82, 2.24) is 9.47 Å². The van der Waals surface area contributed by atoms with Crippen molar-refractivity contribution >= 4 is 11.6 Å². The summed E-state index contributed by atoms with van der Waals surface area (Å²) < 4.78 is 1.92. The number of amides is 1. The normalized spacial score (nSPS) is 21.9. The molecule has 2 aliphatic rings. The van der Waals surface area contributed by atoms with Gasteiger partial charge in [-0.05, 0) is 43.4 Å². The lowest BCUT2D eigenvalue weighted by Crippen LogP contribution is -2.49. The minimum atomic E-state index is 0.0350. The zero-order chi connectivity index (χ0) is 18.3. The number of nitrogens with one attached hydrogen (secondary N) is 1. The summed E-state index contributed by atoms with van der Waals surface area (Å²) in [6, 6.07) is 11.6. The molecular weight excluding hydrogens is 326 g/mol. The number of rotatable bonds is 3. The molecule has 2 aromatic rings. The summed E-state index contributed by atoms with van der Waals surface area (Å²) in [5, 5.41) is 3.08. The monoisotopic (exact) mass is 351 g/mol. The third-order valence-electron chi connectivity index (χ3n) is 5.67. The van der Waals surface area contributed by atoms with E-state index in [1.54, 1.807) is 6.07 Å². The highest BCUT2D eigenvalue weighted by Gasteiger charge is 2.34. The number of hydrogen-bond donors (Lipinski definition) is 1. The van der Waals surface area contributed by atoms with Crippen molar-refractivity contribution in [2.24, 2.45) is 5.92 Å². The van der Waals surface area contributed by atoms with Crippen molar-refractivity contribution < 1.29 is 4.79 Å². The lowest BCUT2D eigenvalue weighted by Gasteiger charge is -2.42. The predicted molar refractivity (Wildman–Crippen MR) is 103 cm³/mol. The number of aromatic nitrogens is 1. The highest BCUT2D eigenvalue weighted by Crippen LogP contribution is 2.34. The van der Waals surface area contributed by atoms with Crippen LogP contribution in [-0.4, -0.2) is 35.0 Å². The lowest BCUT2D eigenvalue weighted by atomic mass is 9.83. The Balaban J connectivity index is 1.46. The Hall–Kier alpha value is -2.40. The van der Waals surface area contributed by atoms with E-state index in [0.29, 0.717) is 18.4 Å². The number of likely N-dealkylation sites (tertiary alicyclic amines) is 1. The molecule has 5 heteroatoms. The number of nitrogens with zero attached hydrogens (tertiary/aromatic N) is 2. The van der Waals surface area contributed by atoms with Crippen molar-refractivity contribution in [3.8, 4) is 0 Å². The molecule has 0 saturated carbocycles. The van der Waals surface area contributed by atoms with E-state index in [0.717, 1.165) is 48.6 Å². The Labute approximate surface area is 153 Å². The topological polar surface area (TPSA) is 54.3 Å². The van der Waals surface area contributed by atoms with Gasteiger partial charge >= 0.3 is 0 Å². The second kappa shape index (κ2) is 6.72. The number of anilines is 1. The maximum atomic E-state index is 12.6. The van der Waals surface area contributed by atoms with Gasteiger partial charge in [-0.25, -0.2) is 0 Å². The summed E-state index contributed by atoms with van der Waals surface area (Å²) in [4.78, 5) is 26.9. The molecule has 1 aromatic carbocycles. The van der Waals surface area contributed by atoms with Gasteiger partial charge in [0.25, 0.3) is 5.56 Å². The Kier molecular flexibility index (Phi) is 4.41. The highest BCUT2D eigenvalue weighted by molar-refractivity contribution is 5.93. The molecule has 1 aromatic heterocycles. The Bertz CT molecular complexity index is 882. The van der Waals surface area contributed by atoms with E-state index in [-0.39, 0.29) is 11.5 Å². The van der Waals surface area contributed by atoms with Gasteiger partial charge in [0.1, 0.15) is 0 Å². The third kappa shape index (κ3) is 3.19. The number of piperidine rings is 1. The van der Waals surface area contributed by atoms with Crippen LogP contribution in [0.5, 0.6) is 0 Å². The molecule has 0 unspecified atom stereocenters. The van der Waals surface area contributed by atoms with Crippen molar-refractivity contribution in [2.75, 3.05) is 25.0 Å². The molecule has 1 fully saturated rings. The number of para-hydroxylation sites is 1. The molecule has 2 atom stereocenters. The van der Waals surface area contributed by atoms with Crippen molar-refractivity contribution in [2.45, 2.75) is 32.7 Å². The van der Waals surface area contributed by atoms with Crippen molar-refractivity contribution in [1.29, 1.82) is 0 Å². The quantitative estimate of drug-likeness (QED) is 0.924.